The average Bonchev–Trinajstić information content (AvgIpc) is 3.41. The molecule has 43 heavy (non-hydrogen) atoms. The van der Waals surface area contributed by atoms with Crippen LogP contribution in [0.25, 0.3) is 0 Å². The number of amides is 3. The predicted octanol–water partition coefficient (Wildman–Crippen LogP) is 4.41. The fourth-order valence-electron chi connectivity index (χ4n) is 4.09. The van der Waals surface area contributed by atoms with Crippen LogP contribution in [0.2, 0.25) is 0 Å². The Morgan fingerprint density at radius 2 is 1.72 bits per heavy atom. The fraction of sp³-hybridized carbons (Fsp3) is 0.448. The molecule has 3 rings (SSSR count). The van der Waals surface area contributed by atoms with Gasteiger partial charge in [-0.15, -0.1) is 11.8 Å². The summed E-state index contributed by atoms with van der Waals surface area (Å²) in [7, 11) is 0. The average molecular weight is 626 g/mol. The largest absolute Gasteiger partial charge is 0.482 e. The summed E-state index contributed by atoms with van der Waals surface area (Å²) in [6, 6.07) is 6.27. The monoisotopic (exact) mass is 625 g/mol. The van der Waals surface area contributed by atoms with E-state index in [-0.39, 0.29) is 38.2 Å². The van der Waals surface area contributed by atoms with Crippen molar-refractivity contribution in [1.29, 1.82) is 0 Å². The van der Waals surface area contributed by atoms with Crippen LogP contribution in [-0.2, 0) is 30.3 Å². The van der Waals surface area contributed by atoms with Crippen LogP contribution < -0.4 is 15.4 Å². The number of anilines is 1. The molecule has 0 spiro atoms. The molecule has 1 saturated heterocycles. The van der Waals surface area contributed by atoms with Crippen molar-refractivity contribution in [2.24, 2.45) is 0 Å². The molecule has 3 amide bonds. The van der Waals surface area contributed by atoms with Gasteiger partial charge in [0, 0.05) is 36.5 Å². The van der Waals surface area contributed by atoms with Gasteiger partial charge in [-0.2, -0.15) is 0 Å². The van der Waals surface area contributed by atoms with E-state index in [2.05, 4.69) is 10.6 Å². The maximum absolute atomic E-state index is 14.4. The number of alkyl carbamates (subject to hydrolysis) is 1. The number of esters is 1. The van der Waals surface area contributed by atoms with Crippen LogP contribution >= 0.6 is 11.8 Å². The van der Waals surface area contributed by atoms with Gasteiger partial charge >= 0.3 is 12.1 Å². The van der Waals surface area contributed by atoms with Crippen molar-refractivity contribution >= 4 is 41.3 Å². The molecule has 10 nitrogen and oxygen atoms in total. The van der Waals surface area contributed by atoms with Crippen LogP contribution in [0, 0.1) is 17.5 Å². The normalized spacial score (nSPS) is 15.4. The molecule has 1 aliphatic heterocycles. The van der Waals surface area contributed by atoms with Crippen molar-refractivity contribution in [2.45, 2.75) is 57.6 Å². The molecular formula is C29H34F3N3O7S. The number of ether oxygens (including phenoxy) is 3. The molecule has 2 N–H and O–H groups in total. The molecule has 0 bridgehead atoms. The topological polar surface area (TPSA) is 123 Å². The zero-order chi connectivity index (χ0) is 31.7. The van der Waals surface area contributed by atoms with Gasteiger partial charge in [-0.05, 0) is 70.0 Å². The minimum Gasteiger partial charge on any atom is -0.482 e. The van der Waals surface area contributed by atoms with Crippen molar-refractivity contribution in [3.63, 3.8) is 0 Å². The molecule has 1 unspecified atom stereocenters. The molecule has 14 heteroatoms. The Kier molecular flexibility index (Phi) is 11.7. The lowest BCUT2D eigenvalue weighted by Crippen LogP contribution is -2.47. The van der Waals surface area contributed by atoms with Crippen LogP contribution in [0.3, 0.4) is 0 Å². The van der Waals surface area contributed by atoms with Crippen LogP contribution in [0.1, 0.15) is 39.7 Å². The third kappa shape index (κ3) is 10.4. The molecule has 234 valence electrons. The van der Waals surface area contributed by atoms with Gasteiger partial charge in [0.25, 0.3) is 5.91 Å². The zero-order valence-electron chi connectivity index (χ0n) is 24.2. The second-order valence-electron chi connectivity index (χ2n) is 10.5. The van der Waals surface area contributed by atoms with E-state index in [0.29, 0.717) is 29.3 Å². The highest BCUT2D eigenvalue weighted by Crippen LogP contribution is 2.27. The lowest BCUT2D eigenvalue weighted by molar-refractivity contribution is -0.145. The summed E-state index contributed by atoms with van der Waals surface area (Å²) in [5.41, 5.74) is -0.689. The van der Waals surface area contributed by atoms with Gasteiger partial charge in [-0.3, -0.25) is 9.59 Å². The zero-order valence-corrected chi connectivity index (χ0v) is 25.0. The third-order valence-electron chi connectivity index (χ3n) is 5.92. The summed E-state index contributed by atoms with van der Waals surface area (Å²) in [6.07, 6.45) is -1.58. The SMILES string of the molecule is CCOC(=O)COc1ccc(NC(=O)C2SCCN2C(=O)C[C@@H](Cc2cc(F)c(F)cc2F)NC(=O)OC(C)(C)C)cc1. The first-order valence-electron chi connectivity index (χ1n) is 13.5. The first kappa shape index (κ1) is 33.6. The number of nitrogens with one attached hydrogen (secondary N) is 2. The van der Waals surface area contributed by atoms with E-state index in [1.54, 1.807) is 52.0 Å². The Morgan fingerprint density at radius 3 is 2.37 bits per heavy atom. The van der Waals surface area contributed by atoms with Gasteiger partial charge in [0.15, 0.2) is 23.6 Å². The summed E-state index contributed by atoms with van der Waals surface area (Å²) < 4.78 is 57.1. The number of halogens is 3. The number of nitrogens with zero attached hydrogens (tertiary/aromatic N) is 1. The van der Waals surface area contributed by atoms with Crippen molar-refractivity contribution < 1.29 is 46.6 Å². The number of carbonyl (C=O) groups excluding carboxylic acids is 4. The number of hydrogen-bond donors (Lipinski definition) is 2. The lowest BCUT2D eigenvalue weighted by atomic mass is 10.0. The van der Waals surface area contributed by atoms with Crippen LogP contribution in [0.4, 0.5) is 23.7 Å². The highest BCUT2D eigenvalue weighted by molar-refractivity contribution is 8.00. The van der Waals surface area contributed by atoms with E-state index in [1.807, 2.05) is 0 Å². The molecule has 0 radical (unpaired) electrons. The van der Waals surface area contributed by atoms with Crippen molar-refractivity contribution in [1.82, 2.24) is 10.2 Å². The quantitative estimate of drug-likeness (QED) is 0.278. The molecule has 0 aromatic heterocycles. The summed E-state index contributed by atoms with van der Waals surface area (Å²) >= 11 is 1.24. The maximum Gasteiger partial charge on any atom is 0.407 e. The van der Waals surface area contributed by atoms with E-state index >= 15 is 0 Å². The van der Waals surface area contributed by atoms with Crippen LogP contribution in [0.15, 0.2) is 36.4 Å². The summed E-state index contributed by atoms with van der Waals surface area (Å²) in [4.78, 5) is 51.7. The number of carbonyl (C=O) groups is 4. The molecular weight excluding hydrogens is 591 g/mol. The molecule has 2 aromatic rings. The standard InChI is InChI=1S/C29H34F3N3O7S/c1-5-40-25(37)16-41-20-8-6-18(7-9-20)33-26(38)27-35(10-11-43-27)24(36)14-19(34-28(39)42-29(2,3)4)12-17-13-22(31)23(32)15-21(17)30/h6-9,13,15,19,27H,5,10-12,14,16H2,1-4H3,(H,33,38)(H,34,39)/t19-,27?/m1/s1. The van der Waals surface area contributed by atoms with Gasteiger partial charge in [0.1, 0.15) is 17.2 Å². The molecule has 2 atom stereocenters. The highest BCUT2D eigenvalue weighted by Gasteiger charge is 2.36. The van der Waals surface area contributed by atoms with Crippen molar-refractivity contribution in [2.75, 3.05) is 30.8 Å². The minimum atomic E-state index is -1.37. The molecule has 0 aliphatic carbocycles. The highest BCUT2D eigenvalue weighted by atomic mass is 32.2. The Bertz CT molecular complexity index is 1320. The van der Waals surface area contributed by atoms with Crippen molar-refractivity contribution in [3.8, 4) is 5.75 Å². The van der Waals surface area contributed by atoms with Gasteiger partial charge < -0.3 is 29.7 Å². The first-order valence-corrected chi connectivity index (χ1v) is 14.5. The summed E-state index contributed by atoms with van der Waals surface area (Å²) in [5.74, 6) is -4.32. The van der Waals surface area contributed by atoms with E-state index in [9.17, 15) is 32.3 Å². The van der Waals surface area contributed by atoms with E-state index in [1.165, 1.54) is 16.7 Å². The van der Waals surface area contributed by atoms with Gasteiger partial charge in [0.2, 0.25) is 5.91 Å². The van der Waals surface area contributed by atoms with E-state index in [0.717, 1.165) is 0 Å². The Labute approximate surface area is 251 Å². The Morgan fingerprint density at radius 1 is 1.05 bits per heavy atom. The Balaban J connectivity index is 1.67. The first-order chi connectivity index (χ1) is 20.3. The second-order valence-corrected chi connectivity index (χ2v) is 11.7. The van der Waals surface area contributed by atoms with Crippen LogP contribution in [0.5, 0.6) is 5.75 Å². The lowest BCUT2D eigenvalue weighted by Gasteiger charge is -2.27. The number of rotatable bonds is 11. The fourth-order valence-corrected chi connectivity index (χ4v) is 5.23. The summed E-state index contributed by atoms with van der Waals surface area (Å²) in [5, 5.41) is 4.35. The predicted molar refractivity (Wildman–Crippen MR) is 153 cm³/mol. The number of thioether (sulfide) groups is 1. The van der Waals surface area contributed by atoms with E-state index < -0.39 is 58.3 Å². The van der Waals surface area contributed by atoms with E-state index in [4.69, 9.17) is 14.2 Å². The number of benzene rings is 2. The molecule has 1 fully saturated rings. The smallest absolute Gasteiger partial charge is 0.407 e. The second kappa shape index (κ2) is 15.0. The summed E-state index contributed by atoms with van der Waals surface area (Å²) in [6.45, 7) is 6.80. The van der Waals surface area contributed by atoms with Gasteiger partial charge in [-0.25, -0.2) is 22.8 Å². The molecule has 2 aromatic carbocycles. The molecule has 0 saturated carbocycles. The van der Waals surface area contributed by atoms with Gasteiger partial charge in [0.05, 0.1) is 6.61 Å². The molecule has 1 heterocycles. The third-order valence-corrected chi connectivity index (χ3v) is 7.12. The Hall–Kier alpha value is -3.94. The van der Waals surface area contributed by atoms with Gasteiger partial charge in [-0.1, -0.05) is 0 Å². The van der Waals surface area contributed by atoms with Crippen LogP contribution in [-0.4, -0.2) is 71.3 Å². The maximum atomic E-state index is 14.4. The number of hydrogen-bond acceptors (Lipinski definition) is 8. The molecule has 1 aliphatic rings. The van der Waals surface area contributed by atoms with Crippen molar-refractivity contribution in [3.05, 3.63) is 59.4 Å². The minimum absolute atomic E-state index is 0.236.